The minimum absolute atomic E-state index is 0.398. The fourth-order valence-electron chi connectivity index (χ4n) is 2.93. The lowest BCUT2D eigenvalue weighted by atomic mass is 9.92. The van der Waals surface area contributed by atoms with Crippen LogP contribution in [0.25, 0.3) is 10.8 Å². The molecule has 0 saturated carbocycles. The SMILES string of the molecule is C[C@@H]1C[C@H](C)CN(c2oc(-c3cccs3)nc2C#N)C1. The molecule has 2 aromatic heterocycles. The highest BCUT2D eigenvalue weighted by molar-refractivity contribution is 7.13. The molecule has 1 aliphatic rings. The molecular formula is C15H17N3OS. The highest BCUT2D eigenvalue weighted by Crippen LogP contribution is 2.33. The van der Waals surface area contributed by atoms with Crippen molar-refractivity contribution < 1.29 is 4.42 Å². The average Bonchev–Trinajstić information content (AvgIpc) is 3.06. The zero-order chi connectivity index (χ0) is 14.1. The van der Waals surface area contributed by atoms with Gasteiger partial charge in [0.2, 0.25) is 17.5 Å². The molecule has 1 saturated heterocycles. The van der Waals surface area contributed by atoms with Gasteiger partial charge >= 0.3 is 0 Å². The van der Waals surface area contributed by atoms with Gasteiger partial charge in [-0.3, -0.25) is 0 Å². The first-order chi connectivity index (χ1) is 9.67. The maximum atomic E-state index is 9.30. The summed E-state index contributed by atoms with van der Waals surface area (Å²) in [6.07, 6.45) is 1.23. The number of thiophene rings is 1. The molecule has 0 aliphatic carbocycles. The van der Waals surface area contributed by atoms with Crippen molar-refractivity contribution in [2.75, 3.05) is 18.0 Å². The normalized spacial score (nSPS) is 22.8. The van der Waals surface area contributed by atoms with Crippen molar-refractivity contribution in [1.29, 1.82) is 5.26 Å². The van der Waals surface area contributed by atoms with Crippen LogP contribution in [0.15, 0.2) is 21.9 Å². The predicted octanol–water partition coefficient (Wildman–Crippen LogP) is 3.76. The minimum Gasteiger partial charge on any atom is -0.418 e. The Bertz CT molecular complexity index is 616. The van der Waals surface area contributed by atoms with E-state index >= 15 is 0 Å². The molecule has 20 heavy (non-hydrogen) atoms. The van der Waals surface area contributed by atoms with E-state index in [1.54, 1.807) is 11.3 Å². The lowest BCUT2D eigenvalue weighted by Crippen LogP contribution is -2.38. The third-order valence-corrected chi connectivity index (χ3v) is 4.46. The standard InChI is InChI=1S/C15H17N3OS/c1-10-6-11(2)9-18(8-10)15-12(7-16)17-14(19-15)13-4-3-5-20-13/h3-5,10-11H,6,8-9H2,1-2H3/t10-,11+. The number of anilines is 1. The Labute approximate surface area is 122 Å². The van der Waals surface area contributed by atoms with Gasteiger partial charge in [0.15, 0.2) is 0 Å². The van der Waals surface area contributed by atoms with E-state index < -0.39 is 0 Å². The molecule has 0 bridgehead atoms. The van der Waals surface area contributed by atoms with Gasteiger partial charge in [0.1, 0.15) is 6.07 Å². The van der Waals surface area contributed by atoms with Gasteiger partial charge in [-0.05, 0) is 29.7 Å². The number of hydrogen-bond donors (Lipinski definition) is 0. The van der Waals surface area contributed by atoms with E-state index in [4.69, 9.17) is 4.42 Å². The Morgan fingerprint density at radius 2 is 2.15 bits per heavy atom. The molecule has 1 aliphatic heterocycles. The largest absolute Gasteiger partial charge is 0.418 e. The molecule has 104 valence electrons. The number of oxazole rings is 1. The van der Waals surface area contributed by atoms with Crippen molar-refractivity contribution in [2.24, 2.45) is 11.8 Å². The molecule has 0 amide bonds. The maximum absolute atomic E-state index is 9.30. The Balaban J connectivity index is 1.95. The summed E-state index contributed by atoms with van der Waals surface area (Å²) in [4.78, 5) is 7.47. The van der Waals surface area contributed by atoms with E-state index in [9.17, 15) is 5.26 Å². The Morgan fingerprint density at radius 1 is 1.40 bits per heavy atom. The molecular weight excluding hydrogens is 270 g/mol. The van der Waals surface area contributed by atoms with E-state index in [-0.39, 0.29) is 0 Å². The second kappa shape index (κ2) is 5.29. The van der Waals surface area contributed by atoms with Gasteiger partial charge < -0.3 is 9.32 Å². The van der Waals surface area contributed by atoms with Crippen LogP contribution in [0, 0.1) is 23.2 Å². The van der Waals surface area contributed by atoms with Crippen molar-refractivity contribution in [3.8, 4) is 16.8 Å². The third-order valence-electron chi connectivity index (χ3n) is 3.60. The Kier molecular flexibility index (Phi) is 3.49. The topological polar surface area (TPSA) is 53.1 Å². The molecule has 0 aromatic carbocycles. The van der Waals surface area contributed by atoms with Gasteiger partial charge in [0, 0.05) is 13.1 Å². The van der Waals surface area contributed by atoms with E-state index in [2.05, 4.69) is 29.8 Å². The van der Waals surface area contributed by atoms with Gasteiger partial charge in [-0.2, -0.15) is 10.2 Å². The lowest BCUT2D eigenvalue weighted by Gasteiger charge is -2.34. The van der Waals surface area contributed by atoms with Crippen LogP contribution in [-0.4, -0.2) is 18.1 Å². The summed E-state index contributed by atoms with van der Waals surface area (Å²) < 4.78 is 5.89. The fourth-order valence-corrected chi connectivity index (χ4v) is 3.58. The van der Waals surface area contributed by atoms with Crippen molar-refractivity contribution in [3.05, 3.63) is 23.2 Å². The van der Waals surface area contributed by atoms with Gasteiger partial charge in [-0.15, -0.1) is 11.3 Å². The molecule has 4 nitrogen and oxygen atoms in total. The van der Waals surface area contributed by atoms with Crippen LogP contribution in [-0.2, 0) is 0 Å². The Morgan fingerprint density at radius 3 is 2.75 bits per heavy atom. The second-order valence-corrected chi connectivity index (χ2v) is 6.56. The molecule has 0 N–H and O–H groups in total. The summed E-state index contributed by atoms with van der Waals surface area (Å²) >= 11 is 1.57. The zero-order valence-electron chi connectivity index (χ0n) is 11.7. The smallest absolute Gasteiger partial charge is 0.240 e. The van der Waals surface area contributed by atoms with E-state index in [1.807, 2.05) is 17.5 Å². The zero-order valence-corrected chi connectivity index (χ0v) is 12.5. The van der Waals surface area contributed by atoms with Crippen LogP contribution in [0.2, 0.25) is 0 Å². The number of rotatable bonds is 2. The van der Waals surface area contributed by atoms with Crippen molar-refractivity contribution in [1.82, 2.24) is 4.98 Å². The monoisotopic (exact) mass is 287 g/mol. The molecule has 3 heterocycles. The highest BCUT2D eigenvalue weighted by Gasteiger charge is 2.27. The number of nitrogens with zero attached hydrogens (tertiary/aromatic N) is 3. The van der Waals surface area contributed by atoms with Crippen LogP contribution in [0.4, 0.5) is 5.88 Å². The van der Waals surface area contributed by atoms with Crippen LogP contribution < -0.4 is 4.90 Å². The summed E-state index contributed by atoms with van der Waals surface area (Å²) in [7, 11) is 0. The summed E-state index contributed by atoms with van der Waals surface area (Å²) in [5.74, 6) is 2.41. The van der Waals surface area contributed by atoms with Crippen LogP contribution in [0.5, 0.6) is 0 Å². The number of hydrogen-bond acceptors (Lipinski definition) is 5. The van der Waals surface area contributed by atoms with E-state index in [0.717, 1.165) is 18.0 Å². The van der Waals surface area contributed by atoms with E-state index in [1.165, 1.54) is 6.42 Å². The average molecular weight is 287 g/mol. The summed E-state index contributed by atoms with van der Waals surface area (Å²) in [5.41, 5.74) is 0.398. The number of piperidine rings is 1. The molecule has 0 radical (unpaired) electrons. The van der Waals surface area contributed by atoms with Gasteiger partial charge in [0.25, 0.3) is 0 Å². The van der Waals surface area contributed by atoms with E-state index in [0.29, 0.717) is 29.3 Å². The van der Waals surface area contributed by atoms with Crippen LogP contribution in [0.1, 0.15) is 26.0 Å². The molecule has 2 aromatic rings. The summed E-state index contributed by atoms with van der Waals surface area (Å²) in [6, 6.07) is 6.08. The van der Waals surface area contributed by atoms with Crippen molar-refractivity contribution >= 4 is 17.2 Å². The molecule has 0 unspecified atom stereocenters. The summed E-state index contributed by atoms with van der Waals surface area (Å²) in [6.45, 7) is 6.34. The fraction of sp³-hybridized carbons (Fsp3) is 0.467. The number of aromatic nitrogens is 1. The predicted molar refractivity (Wildman–Crippen MR) is 79.7 cm³/mol. The second-order valence-electron chi connectivity index (χ2n) is 5.61. The van der Waals surface area contributed by atoms with Gasteiger partial charge in [-0.1, -0.05) is 19.9 Å². The molecule has 2 atom stereocenters. The minimum atomic E-state index is 0.398. The van der Waals surface area contributed by atoms with Crippen molar-refractivity contribution in [3.63, 3.8) is 0 Å². The maximum Gasteiger partial charge on any atom is 0.240 e. The molecule has 0 spiro atoms. The lowest BCUT2D eigenvalue weighted by molar-refractivity contribution is 0.344. The Hall–Kier alpha value is -1.80. The first-order valence-electron chi connectivity index (χ1n) is 6.87. The quantitative estimate of drug-likeness (QED) is 0.844. The van der Waals surface area contributed by atoms with Crippen molar-refractivity contribution in [2.45, 2.75) is 20.3 Å². The first kappa shape index (κ1) is 13.2. The molecule has 1 fully saturated rings. The first-order valence-corrected chi connectivity index (χ1v) is 7.75. The number of nitriles is 1. The van der Waals surface area contributed by atoms with Crippen LogP contribution >= 0.6 is 11.3 Å². The third kappa shape index (κ3) is 2.44. The molecule has 5 heteroatoms. The highest BCUT2D eigenvalue weighted by atomic mass is 32.1. The van der Waals surface area contributed by atoms with Gasteiger partial charge in [-0.25, -0.2) is 0 Å². The van der Waals surface area contributed by atoms with Gasteiger partial charge in [0.05, 0.1) is 4.88 Å². The summed E-state index contributed by atoms with van der Waals surface area (Å²) in [5, 5.41) is 11.3. The van der Waals surface area contributed by atoms with Crippen LogP contribution in [0.3, 0.4) is 0 Å². The molecule has 3 rings (SSSR count).